The molecule has 0 fully saturated rings. The van der Waals surface area contributed by atoms with E-state index in [0.29, 0.717) is 32.1 Å². The van der Waals surface area contributed by atoms with Gasteiger partial charge in [-0.3, -0.25) is 0 Å². The normalized spacial score (nSPS) is 9.96. The minimum Gasteiger partial charge on any atom is -0.478 e. The van der Waals surface area contributed by atoms with Crippen molar-refractivity contribution in [3.05, 3.63) is 48.3 Å². The molecule has 0 unspecified atom stereocenters. The summed E-state index contributed by atoms with van der Waals surface area (Å²) in [5.41, 5.74) is 0.844. The molecule has 2 amide bonds. The van der Waals surface area contributed by atoms with Gasteiger partial charge >= 0.3 is 6.03 Å². The molecule has 0 atom stereocenters. The quantitative estimate of drug-likeness (QED) is 0.646. The average Bonchev–Trinajstić information content (AvgIpc) is 2.59. The number of amides is 2. The average molecular weight is 315 g/mol. The fraction of sp³-hybridized carbons (Fsp3) is 0.312. The number of hydrogen-bond acceptors (Lipinski definition) is 5. The van der Waals surface area contributed by atoms with Gasteiger partial charge in [-0.2, -0.15) is 0 Å². The minimum absolute atomic E-state index is 0.237. The smallest absolute Gasteiger partial charge is 0.315 e. The van der Waals surface area contributed by atoms with Gasteiger partial charge in [0.2, 0.25) is 5.88 Å². The first-order chi connectivity index (χ1) is 11.3. The lowest BCUT2D eigenvalue weighted by Gasteiger charge is -2.11. The molecule has 0 saturated heterocycles. The lowest BCUT2D eigenvalue weighted by atomic mass is 10.2. The van der Waals surface area contributed by atoms with Crippen molar-refractivity contribution >= 4 is 11.8 Å². The van der Waals surface area contributed by atoms with Gasteiger partial charge in [-0.1, -0.05) is 12.1 Å². The van der Waals surface area contributed by atoms with Gasteiger partial charge in [0.25, 0.3) is 0 Å². The minimum atomic E-state index is -0.237. The molecule has 0 aliphatic carbocycles. The van der Waals surface area contributed by atoms with E-state index in [-0.39, 0.29) is 6.03 Å². The molecule has 7 heteroatoms. The molecule has 0 aliphatic heterocycles. The summed E-state index contributed by atoms with van der Waals surface area (Å²) in [5.74, 6) is 1.33. The van der Waals surface area contributed by atoms with E-state index in [4.69, 9.17) is 4.74 Å². The fourth-order valence-electron chi connectivity index (χ4n) is 1.90. The first-order valence-corrected chi connectivity index (χ1v) is 7.53. The number of anilines is 1. The molecule has 3 N–H and O–H groups in total. The summed E-state index contributed by atoms with van der Waals surface area (Å²) in [6.07, 6.45) is 3.38. The first-order valence-electron chi connectivity index (χ1n) is 7.53. The molecule has 23 heavy (non-hydrogen) atoms. The zero-order valence-corrected chi connectivity index (χ0v) is 13.1. The summed E-state index contributed by atoms with van der Waals surface area (Å²) >= 11 is 0. The fourth-order valence-corrected chi connectivity index (χ4v) is 1.90. The zero-order chi connectivity index (χ0) is 16.3. The van der Waals surface area contributed by atoms with Gasteiger partial charge in [-0.15, -0.1) is 0 Å². The highest BCUT2D eigenvalue weighted by atomic mass is 16.5. The van der Waals surface area contributed by atoms with Crippen LogP contribution in [0.1, 0.15) is 12.5 Å². The highest BCUT2D eigenvalue weighted by Crippen LogP contribution is 2.13. The van der Waals surface area contributed by atoms with E-state index in [9.17, 15) is 4.79 Å². The van der Waals surface area contributed by atoms with Crippen molar-refractivity contribution in [2.24, 2.45) is 0 Å². The van der Waals surface area contributed by atoms with Gasteiger partial charge in [0.1, 0.15) is 5.82 Å². The van der Waals surface area contributed by atoms with Crippen LogP contribution < -0.4 is 20.7 Å². The molecular formula is C16H21N5O2. The van der Waals surface area contributed by atoms with Crippen LogP contribution in [0.3, 0.4) is 0 Å². The van der Waals surface area contributed by atoms with Crippen molar-refractivity contribution in [2.45, 2.75) is 13.5 Å². The van der Waals surface area contributed by atoms with E-state index in [1.807, 2.05) is 37.3 Å². The number of nitrogens with zero attached hydrogens (tertiary/aromatic N) is 2. The molecule has 0 aromatic carbocycles. The zero-order valence-electron chi connectivity index (χ0n) is 13.1. The molecule has 122 valence electrons. The van der Waals surface area contributed by atoms with Gasteiger partial charge in [-0.05, 0) is 25.1 Å². The number of carbonyl (C=O) groups is 1. The van der Waals surface area contributed by atoms with Crippen LogP contribution in [0.25, 0.3) is 0 Å². The van der Waals surface area contributed by atoms with Crippen molar-refractivity contribution in [3.8, 4) is 5.88 Å². The molecule has 0 spiro atoms. The highest BCUT2D eigenvalue weighted by molar-refractivity contribution is 5.73. The van der Waals surface area contributed by atoms with Crippen LogP contribution in [-0.4, -0.2) is 35.7 Å². The van der Waals surface area contributed by atoms with Crippen LogP contribution in [0.4, 0.5) is 10.6 Å². The van der Waals surface area contributed by atoms with E-state index in [2.05, 4.69) is 25.9 Å². The topological polar surface area (TPSA) is 88.2 Å². The predicted molar refractivity (Wildman–Crippen MR) is 88.4 cm³/mol. The standard InChI is InChI=1S/C16H21N5O2/c1-2-23-15-13(6-5-9-19-15)12-21-16(22)20-11-10-18-14-7-3-4-8-17-14/h3-9H,2,10-12H2,1H3,(H,17,18)(H2,20,21,22). The maximum atomic E-state index is 11.8. The van der Waals surface area contributed by atoms with Crippen LogP contribution in [0.2, 0.25) is 0 Å². The molecule has 0 aliphatic rings. The molecule has 2 aromatic heterocycles. The second-order valence-electron chi connectivity index (χ2n) is 4.65. The summed E-state index contributed by atoms with van der Waals surface area (Å²) in [5, 5.41) is 8.67. The summed E-state index contributed by atoms with van der Waals surface area (Å²) in [4.78, 5) is 20.1. The number of urea groups is 1. The third kappa shape index (κ3) is 5.82. The number of nitrogens with one attached hydrogen (secondary N) is 3. The van der Waals surface area contributed by atoms with Crippen LogP contribution in [-0.2, 0) is 6.54 Å². The van der Waals surface area contributed by atoms with Crippen molar-refractivity contribution < 1.29 is 9.53 Å². The second-order valence-corrected chi connectivity index (χ2v) is 4.65. The first kappa shape index (κ1) is 16.5. The molecule has 0 saturated carbocycles. The third-order valence-electron chi connectivity index (χ3n) is 2.95. The molecule has 2 heterocycles. The Morgan fingerprint density at radius 3 is 2.74 bits per heavy atom. The number of aromatic nitrogens is 2. The SMILES string of the molecule is CCOc1ncccc1CNC(=O)NCCNc1ccccn1. The van der Waals surface area contributed by atoms with Gasteiger partial charge in [0.15, 0.2) is 0 Å². The van der Waals surface area contributed by atoms with E-state index >= 15 is 0 Å². The molecule has 0 radical (unpaired) electrons. The van der Waals surface area contributed by atoms with Gasteiger partial charge < -0.3 is 20.7 Å². The largest absolute Gasteiger partial charge is 0.478 e. The molecule has 7 nitrogen and oxygen atoms in total. The van der Waals surface area contributed by atoms with Crippen LogP contribution >= 0.6 is 0 Å². The van der Waals surface area contributed by atoms with E-state index in [0.717, 1.165) is 11.4 Å². The monoisotopic (exact) mass is 315 g/mol. The van der Waals surface area contributed by atoms with Crippen LogP contribution in [0.5, 0.6) is 5.88 Å². The predicted octanol–water partition coefficient (Wildman–Crippen LogP) is 1.79. The van der Waals surface area contributed by atoms with E-state index in [1.165, 1.54) is 0 Å². The Kier molecular flexibility index (Phi) is 6.65. The second kappa shape index (κ2) is 9.24. The lowest BCUT2D eigenvalue weighted by molar-refractivity contribution is 0.240. The Labute approximate surface area is 135 Å². The maximum absolute atomic E-state index is 11.8. The van der Waals surface area contributed by atoms with Crippen LogP contribution in [0.15, 0.2) is 42.7 Å². The Morgan fingerprint density at radius 2 is 1.96 bits per heavy atom. The highest BCUT2D eigenvalue weighted by Gasteiger charge is 2.06. The maximum Gasteiger partial charge on any atom is 0.315 e. The van der Waals surface area contributed by atoms with Crippen molar-refractivity contribution in [2.75, 3.05) is 25.0 Å². The van der Waals surface area contributed by atoms with Gasteiger partial charge in [0, 0.05) is 37.6 Å². The number of hydrogen-bond donors (Lipinski definition) is 3. The number of ether oxygens (including phenoxy) is 1. The molecule has 2 rings (SSSR count). The van der Waals surface area contributed by atoms with E-state index < -0.39 is 0 Å². The molecule has 0 bridgehead atoms. The number of pyridine rings is 2. The Bertz CT molecular complexity index is 606. The Hall–Kier alpha value is -2.83. The number of rotatable bonds is 8. The van der Waals surface area contributed by atoms with Crippen molar-refractivity contribution in [3.63, 3.8) is 0 Å². The summed E-state index contributed by atoms with van der Waals surface area (Å²) < 4.78 is 5.42. The third-order valence-corrected chi connectivity index (χ3v) is 2.95. The Balaban J connectivity index is 1.67. The van der Waals surface area contributed by atoms with Gasteiger partial charge in [0.05, 0.1) is 6.61 Å². The number of carbonyl (C=O) groups excluding carboxylic acids is 1. The molecular weight excluding hydrogens is 294 g/mol. The van der Waals surface area contributed by atoms with Crippen LogP contribution in [0, 0.1) is 0 Å². The molecule has 2 aromatic rings. The summed E-state index contributed by atoms with van der Waals surface area (Å²) in [6.45, 7) is 3.89. The summed E-state index contributed by atoms with van der Waals surface area (Å²) in [6, 6.07) is 9.08. The summed E-state index contributed by atoms with van der Waals surface area (Å²) in [7, 11) is 0. The van der Waals surface area contributed by atoms with Gasteiger partial charge in [-0.25, -0.2) is 14.8 Å². The van der Waals surface area contributed by atoms with E-state index in [1.54, 1.807) is 12.4 Å². The lowest BCUT2D eigenvalue weighted by Crippen LogP contribution is -2.37. The van der Waals surface area contributed by atoms with Crippen molar-refractivity contribution in [1.82, 2.24) is 20.6 Å². The Morgan fingerprint density at radius 1 is 1.09 bits per heavy atom. The van der Waals surface area contributed by atoms with Crippen molar-refractivity contribution in [1.29, 1.82) is 0 Å².